The van der Waals surface area contributed by atoms with Crippen molar-refractivity contribution in [3.8, 4) is 0 Å². The lowest BCUT2D eigenvalue weighted by Gasteiger charge is -2.29. The third kappa shape index (κ3) is 7.10. The molecule has 1 aromatic rings. The molecule has 3 rings (SSSR count). The number of pyridine rings is 1. The molecule has 0 amide bonds. The Kier molecular flexibility index (Phi) is 10.2. The Morgan fingerprint density at radius 3 is 2.78 bits per heavy atom. The highest BCUT2D eigenvalue weighted by molar-refractivity contribution is 14.0. The molecule has 0 aromatic carbocycles. The largest absolute Gasteiger partial charge is 0.378 e. The Labute approximate surface area is 180 Å². The van der Waals surface area contributed by atoms with Crippen LogP contribution in [0.3, 0.4) is 0 Å². The minimum absolute atomic E-state index is 0. The van der Waals surface area contributed by atoms with Crippen LogP contribution in [-0.4, -0.2) is 50.8 Å². The zero-order valence-electron chi connectivity index (χ0n) is 16.5. The maximum absolute atomic E-state index is 5.45. The first-order valence-electron chi connectivity index (χ1n) is 10.1. The van der Waals surface area contributed by atoms with Crippen molar-refractivity contribution in [1.82, 2.24) is 15.6 Å². The van der Waals surface area contributed by atoms with Gasteiger partial charge in [0.25, 0.3) is 0 Å². The Hall–Kier alpha value is -1.09. The summed E-state index contributed by atoms with van der Waals surface area (Å²) in [6.45, 7) is 5.06. The van der Waals surface area contributed by atoms with Gasteiger partial charge in [0, 0.05) is 45.0 Å². The number of ether oxygens (including phenoxy) is 1. The highest BCUT2D eigenvalue weighted by Crippen LogP contribution is 2.28. The standard InChI is InChI=1S/C20H33N5O.HI/c1-21-20(23-11-4-8-17-6-2-3-7-17)24-16-18-9-5-10-22-19(18)25-12-14-26-15-13-25;/h5,9-10,17H,2-4,6-8,11-16H2,1H3,(H2,21,23,24);1H. The van der Waals surface area contributed by atoms with Crippen molar-refractivity contribution in [3.05, 3.63) is 23.9 Å². The fraction of sp³-hybridized carbons (Fsp3) is 0.700. The van der Waals surface area contributed by atoms with Crippen LogP contribution in [0.5, 0.6) is 0 Å². The molecule has 7 heteroatoms. The van der Waals surface area contributed by atoms with Crippen molar-refractivity contribution in [1.29, 1.82) is 0 Å². The minimum Gasteiger partial charge on any atom is -0.378 e. The van der Waals surface area contributed by atoms with Crippen LogP contribution >= 0.6 is 24.0 Å². The zero-order chi connectivity index (χ0) is 18.0. The summed E-state index contributed by atoms with van der Waals surface area (Å²) >= 11 is 0. The molecule has 2 aliphatic rings. The van der Waals surface area contributed by atoms with Crippen molar-refractivity contribution in [2.75, 3.05) is 44.8 Å². The minimum atomic E-state index is 0. The molecular weight excluding hydrogens is 453 g/mol. The van der Waals surface area contributed by atoms with Gasteiger partial charge in [-0.1, -0.05) is 31.7 Å². The number of aliphatic imine (C=N–C) groups is 1. The topological polar surface area (TPSA) is 61.8 Å². The maximum Gasteiger partial charge on any atom is 0.191 e. The van der Waals surface area contributed by atoms with Crippen LogP contribution < -0.4 is 15.5 Å². The van der Waals surface area contributed by atoms with Crippen LogP contribution in [0.1, 0.15) is 44.1 Å². The second-order valence-electron chi connectivity index (χ2n) is 7.23. The van der Waals surface area contributed by atoms with Gasteiger partial charge in [0.05, 0.1) is 13.2 Å². The summed E-state index contributed by atoms with van der Waals surface area (Å²) in [6.07, 6.45) is 10.1. The molecule has 1 saturated heterocycles. The van der Waals surface area contributed by atoms with Gasteiger partial charge in [0.15, 0.2) is 5.96 Å². The van der Waals surface area contributed by atoms with E-state index in [1.54, 1.807) is 0 Å². The summed E-state index contributed by atoms with van der Waals surface area (Å²) in [5, 5.41) is 6.88. The first-order chi connectivity index (χ1) is 12.9. The first kappa shape index (κ1) is 22.2. The number of nitrogens with zero attached hydrogens (tertiary/aromatic N) is 3. The van der Waals surface area contributed by atoms with E-state index in [9.17, 15) is 0 Å². The monoisotopic (exact) mass is 487 g/mol. The summed E-state index contributed by atoms with van der Waals surface area (Å²) in [6, 6.07) is 4.14. The fourth-order valence-electron chi connectivity index (χ4n) is 3.92. The van der Waals surface area contributed by atoms with Crippen LogP contribution in [0.4, 0.5) is 5.82 Å². The molecule has 0 radical (unpaired) electrons. The molecular formula is C20H34IN5O. The molecule has 0 bridgehead atoms. The van der Waals surface area contributed by atoms with Crippen LogP contribution in [-0.2, 0) is 11.3 Å². The predicted octanol–water partition coefficient (Wildman–Crippen LogP) is 3.17. The molecule has 2 N–H and O–H groups in total. The first-order valence-corrected chi connectivity index (χ1v) is 10.1. The molecule has 2 heterocycles. The Morgan fingerprint density at radius 2 is 2.04 bits per heavy atom. The van der Waals surface area contributed by atoms with E-state index in [2.05, 4.69) is 31.6 Å². The van der Waals surface area contributed by atoms with E-state index in [4.69, 9.17) is 4.74 Å². The van der Waals surface area contributed by atoms with Gasteiger partial charge in [-0.2, -0.15) is 0 Å². The van der Waals surface area contributed by atoms with E-state index in [0.29, 0.717) is 0 Å². The molecule has 1 aromatic heterocycles. The van der Waals surface area contributed by atoms with E-state index in [1.165, 1.54) is 44.1 Å². The maximum atomic E-state index is 5.45. The lowest BCUT2D eigenvalue weighted by molar-refractivity contribution is 0.122. The fourth-order valence-corrected chi connectivity index (χ4v) is 3.92. The smallest absolute Gasteiger partial charge is 0.191 e. The third-order valence-corrected chi connectivity index (χ3v) is 5.40. The van der Waals surface area contributed by atoms with Gasteiger partial charge in [0.2, 0.25) is 0 Å². The molecule has 2 fully saturated rings. The molecule has 0 atom stereocenters. The Balaban J connectivity index is 0.00000261. The molecule has 0 unspecified atom stereocenters. The van der Waals surface area contributed by atoms with Crippen molar-refractivity contribution in [3.63, 3.8) is 0 Å². The van der Waals surface area contributed by atoms with E-state index < -0.39 is 0 Å². The van der Waals surface area contributed by atoms with Crippen LogP contribution in [0.2, 0.25) is 0 Å². The second kappa shape index (κ2) is 12.4. The number of hydrogen-bond acceptors (Lipinski definition) is 4. The average molecular weight is 487 g/mol. The normalized spacial score (nSPS) is 18.3. The van der Waals surface area contributed by atoms with Gasteiger partial charge in [0.1, 0.15) is 5.82 Å². The highest BCUT2D eigenvalue weighted by Gasteiger charge is 2.16. The third-order valence-electron chi connectivity index (χ3n) is 5.40. The summed E-state index contributed by atoms with van der Waals surface area (Å²) in [5.74, 6) is 2.88. The molecule has 0 spiro atoms. The number of halogens is 1. The second-order valence-corrected chi connectivity index (χ2v) is 7.23. The molecule has 1 saturated carbocycles. The molecule has 1 aliphatic carbocycles. The number of nitrogens with one attached hydrogen (secondary N) is 2. The van der Waals surface area contributed by atoms with E-state index in [0.717, 1.165) is 57.1 Å². The molecule has 1 aliphatic heterocycles. The number of morpholine rings is 1. The lowest BCUT2D eigenvalue weighted by Crippen LogP contribution is -2.39. The van der Waals surface area contributed by atoms with Crippen molar-refractivity contribution in [2.24, 2.45) is 10.9 Å². The number of aromatic nitrogens is 1. The number of rotatable bonds is 7. The average Bonchev–Trinajstić information content (AvgIpc) is 3.22. The van der Waals surface area contributed by atoms with Crippen LogP contribution in [0.25, 0.3) is 0 Å². The molecule has 6 nitrogen and oxygen atoms in total. The summed E-state index contributed by atoms with van der Waals surface area (Å²) in [5.41, 5.74) is 1.20. The van der Waals surface area contributed by atoms with Gasteiger partial charge >= 0.3 is 0 Å². The van der Waals surface area contributed by atoms with E-state index in [-0.39, 0.29) is 24.0 Å². The summed E-state index contributed by atoms with van der Waals surface area (Å²) in [7, 11) is 1.83. The van der Waals surface area contributed by atoms with E-state index >= 15 is 0 Å². The van der Waals surface area contributed by atoms with Gasteiger partial charge in [-0.05, 0) is 24.8 Å². The number of anilines is 1. The number of guanidine groups is 1. The van der Waals surface area contributed by atoms with Crippen molar-refractivity contribution < 1.29 is 4.74 Å². The quantitative estimate of drug-likeness (QED) is 0.268. The van der Waals surface area contributed by atoms with Gasteiger partial charge in [-0.25, -0.2) is 4.98 Å². The molecule has 27 heavy (non-hydrogen) atoms. The zero-order valence-corrected chi connectivity index (χ0v) is 18.8. The summed E-state index contributed by atoms with van der Waals surface area (Å²) < 4.78 is 5.45. The Morgan fingerprint density at radius 1 is 1.26 bits per heavy atom. The summed E-state index contributed by atoms with van der Waals surface area (Å²) in [4.78, 5) is 11.3. The van der Waals surface area contributed by atoms with Crippen LogP contribution in [0.15, 0.2) is 23.3 Å². The van der Waals surface area contributed by atoms with Crippen molar-refractivity contribution in [2.45, 2.75) is 45.1 Å². The van der Waals surface area contributed by atoms with Gasteiger partial charge < -0.3 is 20.3 Å². The van der Waals surface area contributed by atoms with Crippen LogP contribution in [0, 0.1) is 5.92 Å². The van der Waals surface area contributed by atoms with Gasteiger partial charge in [-0.15, -0.1) is 24.0 Å². The van der Waals surface area contributed by atoms with E-state index in [1.807, 2.05) is 19.3 Å². The predicted molar refractivity (Wildman–Crippen MR) is 122 cm³/mol. The van der Waals surface area contributed by atoms with Crippen molar-refractivity contribution >= 4 is 35.8 Å². The molecule has 152 valence electrons. The highest BCUT2D eigenvalue weighted by atomic mass is 127. The Bertz CT molecular complexity index is 571. The van der Waals surface area contributed by atoms with Gasteiger partial charge in [-0.3, -0.25) is 4.99 Å². The SMILES string of the molecule is CN=C(NCCCC1CCCC1)NCc1cccnc1N1CCOCC1.I. The lowest BCUT2D eigenvalue weighted by atomic mass is 10.0. The number of hydrogen-bond donors (Lipinski definition) is 2.